The third-order valence-electron chi connectivity index (χ3n) is 8.71. The molecule has 0 spiro atoms. The van der Waals surface area contributed by atoms with Crippen LogP contribution in [-0.4, -0.2) is 45.1 Å². The van der Waals surface area contributed by atoms with E-state index in [4.69, 9.17) is 14.8 Å². The van der Waals surface area contributed by atoms with Crippen molar-refractivity contribution in [1.82, 2.24) is 24.5 Å². The highest BCUT2D eigenvalue weighted by Gasteiger charge is 2.41. The van der Waals surface area contributed by atoms with Gasteiger partial charge in [-0.15, -0.1) is 11.3 Å². The third-order valence-corrected chi connectivity index (χ3v) is 11.5. The van der Waals surface area contributed by atoms with Crippen molar-refractivity contribution >= 4 is 42.5 Å². The van der Waals surface area contributed by atoms with Crippen LogP contribution in [0.3, 0.4) is 0 Å². The van der Waals surface area contributed by atoms with Crippen molar-refractivity contribution in [3.05, 3.63) is 67.5 Å². The van der Waals surface area contributed by atoms with Gasteiger partial charge >= 0.3 is 0 Å². The second-order valence-electron chi connectivity index (χ2n) is 13.7. The van der Waals surface area contributed by atoms with E-state index < -0.39 is 8.07 Å². The van der Waals surface area contributed by atoms with Crippen molar-refractivity contribution in [3.63, 3.8) is 0 Å². The lowest BCUT2D eigenvalue weighted by atomic mass is 10.0. The number of carbonyl (C=O) groups is 1. The number of aryl methyl sites for hydroxylation is 3. The van der Waals surface area contributed by atoms with Gasteiger partial charge in [-0.05, 0) is 56.9 Å². The summed E-state index contributed by atoms with van der Waals surface area (Å²) in [6, 6.07) is 10.5. The first kappa shape index (κ1) is 34.7. The average Bonchev–Trinajstić information content (AvgIpc) is 3.66. The fraction of sp³-hybridized carbons (Fsp3) is 0.514. The Labute approximate surface area is 283 Å². The highest BCUT2D eigenvalue weighted by atomic mass is 32.1. The quantitative estimate of drug-likeness (QED) is 0.100. The van der Waals surface area contributed by atoms with Gasteiger partial charge in [-0.1, -0.05) is 64.9 Å². The number of amides is 1. The van der Waals surface area contributed by atoms with Gasteiger partial charge in [0, 0.05) is 44.7 Å². The number of hydrogen-bond donors (Lipinski definition) is 1. The predicted octanol–water partition coefficient (Wildman–Crippen LogP) is 8.01. The SMILES string of the molecule is CCCCc1nc2c(s1)C(=O)N(c1cccc(-c3cc(Nc4cc(C)n(C)n4)c(=O)n(COCC[Si](C)(C)C)n3)c1C)C2CCCC. The Balaban J connectivity index is 1.53. The van der Waals surface area contributed by atoms with Gasteiger partial charge in [-0.3, -0.25) is 19.2 Å². The molecule has 10 nitrogen and oxygen atoms in total. The lowest BCUT2D eigenvalue weighted by Crippen LogP contribution is -2.29. The molecular weight excluding hydrogens is 627 g/mol. The first-order chi connectivity index (χ1) is 22.4. The van der Waals surface area contributed by atoms with Gasteiger partial charge in [0.15, 0.2) is 5.82 Å². The maximum atomic E-state index is 14.1. The summed E-state index contributed by atoms with van der Waals surface area (Å²) in [7, 11) is 0.563. The van der Waals surface area contributed by atoms with E-state index in [0.29, 0.717) is 23.8 Å². The maximum Gasteiger partial charge on any atom is 0.292 e. The number of nitrogens with one attached hydrogen (secondary N) is 1. The standard InChI is InChI=1S/C35H49N7O3SSi/c1-9-11-15-29-32-33(46-31(37-32)17-12-10-2)35(44)42(29)28-16-13-14-25(24(28)4)26-21-27(36-30-20-23(3)40(5)39-30)34(43)41(38-26)22-45-18-19-47(6,7)8/h13-14,16,20-21,29H,9-12,15,17-19,22H2,1-8H3,(H,36,39). The number of carbonyl (C=O) groups excluding carboxylic acids is 1. The Morgan fingerprint density at radius 3 is 2.49 bits per heavy atom. The van der Waals surface area contributed by atoms with E-state index in [1.807, 2.05) is 50.1 Å². The minimum absolute atomic E-state index is 0.0169. The van der Waals surface area contributed by atoms with Crippen molar-refractivity contribution in [2.24, 2.45) is 7.05 Å². The molecule has 0 fully saturated rings. The molecule has 0 aliphatic carbocycles. The molecule has 1 amide bonds. The molecule has 47 heavy (non-hydrogen) atoms. The van der Waals surface area contributed by atoms with Crippen LogP contribution in [0.2, 0.25) is 25.7 Å². The summed E-state index contributed by atoms with van der Waals surface area (Å²) in [5.41, 5.74) is 5.16. The topological polar surface area (TPSA) is 107 Å². The molecule has 4 aromatic rings. The van der Waals surface area contributed by atoms with E-state index >= 15 is 0 Å². The zero-order valence-corrected chi connectivity index (χ0v) is 31.0. The van der Waals surface area contributed by atoms with Crippen LogP contribution in [0.5, 0.6) is 0 Å². The molecule has 0 saturated carbocycles. The summed E-state index contributed by atoms with van der Waals surface area (Å²) in [5.74, 6) is 0.595. The Bertz CT molecular complexity index is 1770. The Hall–Kier alpha value is -3.61. The number of nitrogens with zero attached hydrogens (tertiary/aromatic N) is 6. The highest BCUT2D eigenvalue weighted by Crippen LogP contribution is 2.45. The largest absolute Gasteiger partial charge is 0.359 e. The number of aromatic nitrogens is 5. The number of anilines is 3. The summed E-state index contributed by atoms with van der Waals surface area (Å²) in [6.07, 6.45) is 5.97. The van der Waals surface area contributed by atoms with Gasteiger partial charge in [0.1, 0.15) is 17.3 Å². The van der Waals surface area contributed by atoms with Gasteiger partial charge in [0.25, 0.3) is 11.5 Å². The van der Waals surface area contributed by atoms with Crippen molar-refractivity contribution in [2.75, 3.05) is 16.8 Å². The van der Waals surface area contributed by atoms with Gasteiger partial charge in [-0.2, -0.15) is 10.2 Å². The molecule has 3 aromatic heterocycles. The molecule has 1 atom stereocenters. The zero-order valence-electron chi connectivity index (χ0n) is 29.1. The molecule has 1 aliphatic heterocycles. The van der Waals surface area contributed by atoms with Crippen LogP contribution in [0.4, 0.5) is 17.2 Å². The molecule has 1 aromatic carbocycles. The van der Waals surface area contributed by atoms with E-state index in [1.165, 1.54) is 4.68 Å². The van der Waals surface area contributed by atoms with Gasteiger partial charge in [0.2, 0.25) is 0 Å². The number of hydrogen-bond acceptors (Lipinski definition) is 8. The molecular formula is C35H49N7O3SSi. The monoisotopic (exact) mass is 675 g/mol. The number of fused-ring (bicyclic) bond motifs is 1. The summed E-state index contributed by atoms with van der Waals surface area (Å²) < 4.78 is 9.13. The lowest BCUT2D eigenvalue weighted by molar-refractivity contribution is 0.0754. The van der Waals surface area contributed by atoms with Crippen LogP contribution < -0.4 is 15.8 Å². The summed E-state index contributed by atoms with van der Waals surface area (Å²) >= 11 is 1.55. The summed E-state index contributed by atoms with van der Waals surface area (Å²) in [6.45, 7) is 15.8. The number of thiazole rings is 1. The van der Waals surface area contributed by atoms with Crippen LogP contribution in [-0.2, 0) is 24.9 Å². The Morgan fingerprint density at radius 1 is 1.04 bits per heavy atom. The fourth-order valence-electron chi connectivity index (χ4n) is 5.81. The highest BCUT2D eigenvalue weighted by molar-refractivity contribution is 7.14. The molecule has 0 bridgehead atoms. The van der Waals surface area contributed by atoms with E-state index in [9.17, 15) is 9.59 Å². The molecule has 1 unspecified atom stereocenters. The zero-order chi connectivity index (χ0) is 33.9. The number of rotatable bonds is 15. The minimum atomic E-state index is -1.30. The van der Waals surface area contributed by atoms with Crippen LogP contribution in [0, 0.1) is 13.8 Å². The molecule has 1 aliphatic rings. The van der Waals surface area contributed by atoms with Crippen LogP contribution in [0.25, 0.3) is 11.3 Å². The third kappa shape index (κ3) is 7.76. The molecule has 0 radical (unpaired) electrons. The second kappa shape index (κ2) is 14.7. The number of ether oxygens (including phenoxy) is 1. The van der Waals surface area contributed by atoms with Gasteiger partial charge in [-0.25, -0.2) is 9.67 Å². The summed E-state index contributed by atoms with van der Waals surface area (Å²) in [5, 5.41) is 13.6. The first-order valence-corrected chi connectivity index (χ1v) is 21.3. The van der Waals surface area contributed by atoms with Gasteiger partial charge < -0.3 is 10.1 Å². The molecule has 1 N–H and O–H groups in total. The number of benzene rings is 1. The van der Waals surface area contributed by atoms with Crippen LogP contribution >= 0.6 is 11.3 Å². The fourth-order valence-corrected chi connectivity index (χ4v) is 7.66. The van der Waals surface area contributed by atoms with Crippen molar-refractivity contribution in [1.29, 1.82) is 0 Å². The van der Waals surface area contributed by atoms with Crippen molar-refractivity contribution in [3.8, 4) is 11.3 Å². The van der Waals surface area contributed by atoms with E-state index in [-0.39, 0.29) is 24.2 Å². The van der Waals surface area contributed by atoms with Crippen molar-refractivity contribution < 1.29 is 9.53 Å². The average molecular weight is 676 g/mol. The molecule has 4 heterocycles. The van der Waals surface area contributed by atoms with Crippen LogP contribution in [0.15, 0.2) is 35.1 Å². The predicted molar refractivity (Wildman–Crippen MR) is 194 cm³/mol. The molecule has 252 valence electrons. The minimum Gasteiger partial charge on any atom is -0.359 e. The van der Waals surface area contributed by atoms with Crippen molar-refractivity contribution in [2.45, 2.75) is 105 Å². The number of unbranched alkanes of at least 4 members (excludes halogenated alkanes) is 2. The Morgan fingerprint density at radius 2 is 1.81 bits per heavy atom. The molecule has 0 saturated heterocycles. The van der Waals surface area contributed by atoms with E-state index in [1.54, 1.807) is 22.1 Å². The molecule has 5 rings (SSSR count). The summed E-state index contributed by atoms with van der Waals surface area (Å²) in [4.78, 5) is 35.4. The smallest absolute Gasteiger partial charge is 0.292 e. The Kier molecular flexibility index (Phi) is 10.8. The normalized spacial score (nSPS) is 14.7. The lowest BCUT2D eigenvalue weighted by Gasteiger charge is -2.27. The first-order valence-electron chi connectivity index (χ1n) is 16.8. The van der Waals surface area contributed by atoms with Gasteiger partial charge in [0.05, 0.1) is 22.4 Å². The van der Waals surface area contributed by atoms with E-state index in [0.717, 1.165) is 82.7 Å². The second-order valence-corrected chi connectivity index (χ2v) is 20.4. The van der Waals surface area contributed by atoms with Crippen LogP contribution in [0.1, 0.15) is 83.6 Å². The van der Waals surface area contributed by atoms with E-state index in [2.05, 4.69) is 43.9 Å². The molecule has 12 heteroatoms. The maximum absolute atomic E-state index is 14.1.